The maximum absolute atomic E-state index is 3.40. The van der Waals surface area contributed by atoms with E-state index >= 15 is 0 Å². The Bertz CT molecular complexity index is 305. The number of likely N-dealkylation sites (N-methyl/N-ethyl adjacent to an activating group) is 2. The van der Waals surface area contributed by atoms with Gasteiger partial charge in [-0.2, -0.15) is 0 Å². The zero-order valence-corrected chi connectivity index (χ0v) is 17.1. The first-order valence-electron chi connectivity index (χ1n) is 7.95. The summed E-state index contributed by atoms with van der Waals surface area (Å²) in [6.07, 6.45) is 1.25. The molecule has 2 nitrogen and oxygen atoms in total. The molecule has 1 N–H and O–H groups in total. The molecule has 1 heterocycles. The van der Waals surface area contributed by atoms with Crippen molar-refractivity contribution in [2.24, 2.45) is 5.41 Å². The van der Waals surface area contributed by atoms with Crippen molar-refractivity contribution in [2.45, 2.75) is 65.1 Å². The van der Waals surface area contributed by atoms with E-state index in [1.54, 1.807) is 11.3 Å². The number of thiophene rings is 1. The largest absolute Gasteiger partial charge is 0.315 e. The van der Waals surface area contributed by atoms with Gasteiger partial charge in [0.2, 0.25) is 0 Å². The number of nitrogens with one attached hydrogen (secondary N) is 1. The highest BCUT2D eigenvalue weighted by molar-refractivity contribution is 7.98. The van der Waals surface area contributed by atoms with E-state index in [2.05, 4.69) is 68.8 Å². The van der Waals surface area contributed by atoms with E-state index < -0.39 is 0 Å². The number of rotatable bonds is 5. The maximum Gasteiger partial charge on any atom is 0.0753 e. The molecule has 0 spiro atoms. The second-order valence-corrected chi connectivity index (χ2v) is 8.20. The predicted molar refractivity (Wildman–Crippen MR) is 102 cm³/mol. The second kappa shape index (κ2) is 13.6. The number of nitrogens with zero attached hydrogens (tertiary/aromatic N) is 1. The molecule has 1 aromatic heterocycles. The lowest BCUT2D eigenvalue weighted by atomic mass is 9.87. The van der Waals surface area contributed by atoms with Crippen LogP contribution in [0.4, 0.5) is 0 Å². The molecule has 4 heteroatoms. The number of hydrogen-bond donors (Lipinski definition) is 1. The lowest BCUT2D eigenvalue weighted by molar-refractivity contribution is 0.252. The Morgan fingerprint density at radius 3 is 2.14 bits per heavy atom. The Kier molecular flexibility index (Phi) is 15.1. The molecule has 126 valence electrons. The minimum Gasteiger partial charge on any atom is -0.315 e. The minimum absolute atomic E-state index is 0.291. The van der Waals surface area contributed by atoms with Crippen LogP contribution in [0.5, 0.6) is 0 Å². The van der Waals surface area contributed by atoms with Crippen LogP contribution in [0.25, 0.3) is 0 Å². The lowest BCUT2D eigenvalue weighted by Gasteiger charge is -2.33. The third-order valence-corrected chi connectivity index (χ3v) is 4.53. The maximum atomic E-state index is 3.40. The molecule has 0 amide bonds. The first-order chi connectivity index (χ1) is 9.85. The van der Waals surface area contributed by atoms with Gasteiger partial charge < -0.3 is 5.32 Å². The summed E-state index contributed by atoms with van der Waals surface area (Å²) in [7, 11) is 4.19. The van der Waals surface area contributed by atoms with Crippen LogP contribution >= 0.6 is 23.3 Å². The summed E-state index contributed by atoms with van der Waals surface area (Å²) in [5.41, 5.74) is 0.291. The molecule has 0 aliphatic carbocycles. The highest BCUT2D eigenvalue weighted by Gasteiger charge is 2.24. The van der Waals surface area contributed by atoms with Crippen LogP contribution in [0.2, 0.25) is 0 Å². The normalized spacial score (nSPS) is 12.1. The first-order valence-corrected chi connectivity index (χ1v) is 9.60. The van der Waals surface area contributed by atoms with E-state index in [0.29, 0.717) is 11.5 Å². The van der Waals surface area contributed by atoms with E-state index in [1.807, 2.05) is 32.8 Å². The molecule has 1 atom stereocenters. The van der Waals surface area contributed by atoms with Gasteiger partial charge in [0.1, 0.15) is 0 Å². The highest BCUT2D eigenvalue weighted by atomic mass is 32.2. The first kappa shape index (κ1) is 23.2. The molecule has 21 heavy (non-hydrogen) atoms. The third-order valence-electron chi connectivity index (χ3n) is 2.57. The summed E-state index contributed by atoms with van der Waals surface area (Å²) in [4.78, 5) is 0. The lowest BCUT2D eigenvalue weighted by Crippen LogP contribution is -2.44. The topological polar surface area (TPSA) is 15.3 Å². The van der Waals surface area contributed by atoms with E-state index in [1.165, 1.54) is 10.6 Å². The van der Waals surface area contributed by atoms with Crippen LogP contribution < -0.4 is 5.32 Å². The molecular formula is C17H36N2S2. The minimum atomic E-state index is 0.291. The summed E-state index contributed by atoms with van der Waals surface area (Å²) >= 11 is 3.62. The quantitative estimate of drug-likeness (QED) is 0.690. The Hall–Kier alpha value is -0.0300. The Morgan fingerprint density at radius 1 is 1.29 bits per heavy atom. The fraction of sp³-hybridized carbons (Fsp3) is 0.765. The summed E-state index contributed by atoms with van der Waals surface area (Å²) in [6, 6.07) is 4.77. The van der Waals surface area contributed by atoms with Crippen molar-refractivity contribution in [1.29, 1.82) is 0 Å². The van der Waals surface area contributed by atoms with Gasteiger partial charge in [-0.3, -0.25) is 0 Å². The van der Waals surface area contributed by atoms with Gasteiger partial charge in [0.05, 0.1) is 4.21 Å². The van der Waals surface area contributed by atoms with Crippen molar-refractivity contribution in [2.75, 3.05) is 20.6 Å². The fourth-order valence-corrected chi connectivity index (χ4v) is 3.40. The van der Waals surface area contributed by atoms with Gasteiger partial charge in [-0.1, -0.05) is 61.0 Å². The van der Waals surface area contributed by atoms with Crippen molar-refractivity contribution < 1.29 is 0 Å². The van der Waals surface area contributed by atoms with Gasteiger partial charge in [0.25, 0.3) is 0 Å². The second-order valence-electron chi connectivity index (χ2n) is 5.75. The smallest absolute Gasteiger partial charge is 0.0753 e. The molecule has 0 saturated carbocycles. The van der Waals surface area contributed by atoms with Crippen molar-refractivity contribution in [3.05, 3.63) is 17.5 Å². The number of hydrogen-bond acceptors (Lipinski definition) is 4. The molecule has 1 aromatic rings. The molecule has 0 aliphatic heterocycles. The van der Waals surface area contributed by atoms with Gasteiger partial charge in [-0.05, 0) is 42.9 Å². The molecule has 1 unspecified atom stereocenters. The van der Waals surface area contributed by atoms with E-state index in [4.69, 9.17) is 0 Å². The molecule has 0 fully saturated rings. The van der Waals surface area contributed by atoms with Crippen LogP contribution in [-0.4, -0.2) is 31.0 Å². The zero-order valence-electron chi connectivity index (χ0n) is 15.5. The van der Waals surface area contributed by atoms with E-state index in [0.717, 1.165) is 6.54 Å². The van der Waals surface area contributed by atoms with E-state index in [-0.39, 0.29) is 0 Å². The highest BCUT2D eigenvalue weighted by Crippen LogP contribution is 2.28. The van der Waals surface area contributed by atoms with Gasteiger partial charge in [-0.15, -0.1) is 11.3 Å². The standard InChI is InChI=1S/C12H22N2S2.C3H8.C2H6/c1-12(2,3)10(13-4)9-14(5)16-11-7-6-8-15-11;1-3-2;1-2/h6-8,10,13H,9H2,1-5H3;3H2,1-2H3;1-2H3. The van der Waals surface area contributed by atoms with Crippen molar-refractivity contribution >= 4 is 23.3 Å². The predicted octanol–water partition coefficient (Wildman–Crippen LogP) is 5.76. The summed E-state index contributed by atoms with van der Waals surface area (Å²) in [5, 5.41) is 5.52. The monoisotopic (exact) mass is 332 g/mol. The molecule has 0 aromatic carbocycles. The van der Waals surface area contributed by atoms with Crippen LogP contribution in [-0.2, 0) is 0 Å². The molecule has 0 saturated heterocycles. The van der Waals surface area contributed by atoms with Crippen LogP contribution in [0.15, 0.2) is 21.7 Å². The zero-order chi connectivity index (χ0) is 16.9. The summed E-state index contributed by atoms with van der Waals surface area (Å²) < 4.78 is 3.66. The average Bonchev–Trinajstić information content (AvgIpc) is 2.90. The average molecular weight is 333 g/mol. The molecule has 0 aliphatic rings. The molecule has 0 radical (unpaired) electrons. The van der Waals surface area contributed by atoms with Crippen LogP contribution in [0, 0.1) is 5.41 Å². The van der Waals surface area contributed by atoms with Crippen molar-refractivity contribution in [1.82, 2.24) is 9.62 Å². The molecule has 0 bridgehead atoms. The van der Waals surface area contributed by atoms with Gasteiger partial charge in [-0.25, -0.2) is 4.31 Å². The van der Waals surface area contributed by atoms with E-state index in [9.17, 15) is 0 Å². The van der Waals surface area contributed by atoms with Crippen molar-refractivity contribution in [3.63, 3.8) is 0 Å². The van der Waals surface area contributed by atoms with Crippen molar-refractivity contribution in [3.8, 4) is 0 Å². The Balaban J connectivity index is 0. The summed E-state index contributed by atoms with van der Waals surface area (Å²) in [5.74, 6) is 0. The summed E-state index contributed by atoms with van der Waals surface area (Å²) in [6.45, 7) is 16.1. The van der Waals surface area contributed by atoms with Gasteiger partial charge in [0.15, 0.2) is 0 Å². The van der Waals surface area contributed by atoms with Crippen LogP contribution in [0.1, 0.15) is 54.9 Å². The molecule has 1 rings (SSSR count). The van der Waals surface area contributed by atoms with Gasteiger partial charge >= 0.3 is 0 Å². The Morgan fingerprint density at radius 2 is 1.81 bits per heavy atom. The third kappa shape index (κ3) is 12.2. The Labute approximate surface area is 141 Å². The fourth-order valence-electron chi connectivity index (χ4n) is 1.56. The van der Waals surface area contributed by atoms with Gasteiger partial charge in [0, 0.05) is 12.6 Å². The van der Waals surface area contributed by atoms with Crippen LogP contribution in [0.3, 0.4) is 0 Å². The molecular weight excluding hydrogens is 296 g/mol. The SMILES string of the molecule is CC.CCC.CNC(CN(C)Sc1cccs1)C(C)(C)C.